The molecular weight excluding hydrogens is 234 g/mol. The van der Waals surface area contributed by atoms with Gasteiger partial charge in [-0.1, -0.05) is 0 Å². The van der Waals surface area contributed by atoms with Gasteiger partial charge in [0.25, 0.3) is 0 Å². The number of carboxylic acids is 1. The summed E-state index contributed by atoms with van der Waals surface area (Å²) in [6.07, 6.45) is 5.96. The number of nitrogens with zero attached hydrogens (tertiary/aromatic N) is 3. The van der Waals surface area contributed by atoms with Crippen LogP contribution in [0.25, 0.3) is 0 Å². The van der Waals surface area contributed by atoms with E-state index in [4.69, 9.17) is 5.11 Å². The van der Waals surface area contributed by atoms with Crippen LogP contribution >= 0.6 is 0 Å². The highest BCUT2D eigenvalue weighted by Crippen LogP contribution is 2.18. The van der Waals surface area contributed by atoms with Gasteiger partial charge in [-0.2, -0.15) is 5.10 Å². The first-order chi connectivity index (χ1) is 8.68. The van der Waals surface area contributed by atoms with Crippen molar-refractivity contribution in [1.29, 1.82) is 0 Å². The van der Waals surface area contributed by atoms with Gasteiger partial charge in [-0.05, 0) is 25.3 Å². The van der Waals surface area contributed by atoms with E-state index in [0.717, 1.165) is 6.42 Å². The smallest absolute Gasteiger partial charge is 0.326 e. The third-order valence-corrected chi connectivity index (χ3v) is 3.20. The first-order valence-corrected chi connectivity index (χ1v) is 6.18. The Morgan fingerprint density at radius 2 is 2.28 bits per heavy atom. The van der Waals surface area contributed by atoms with Crippen LogP contribution in [0.15, 0.2) is 18.5 Å². The first kappa shape index (κ1) is 12.6. The molecular formula is C12H17N3O3. The number of carbonyl (C=O) groups is 2. The second kappa shape index (κ2) is 5.66. The molecule has 0 bridgehead atoms. The standard InChI is InChI=1S/C12H17N3O3/c16-11(5-2-7-14-8-3-6-13-14)15-9-1-4-10(15)12(17)18/h3,6,8,10H,1-2,4-5,7,9H2,(H,17,18)/t10-/m0/s1. The highest BCUT2D eigenvalue weighted by atomic mass is 16.4. The van der Waals surface area contributed by atoms with Crippen LogP contribution in [0.3, 0.4) is 0 Å². The Hall–Kier alpha value is -1.85. The van der Waals surface area contributed by atoms with Gasteiger partial charge < -0.3 is 10.0 Å². The minimum Gasteiger partial charge on any atom is -0.480 e. The Balaban J connectivity index is 1.79. The van der Waals surface area contributed by atoms with Crippen LogP contribution in [-0.2, 0) is 16.1 Å². The Kier molecular flexibility index (Phi) is 3.96. The monoisotopic (exact) mass is 251 g/mol. The summed E-state index contributed by atoms with van der Waals surface area (Å²) < 4.78 is 1.77. The van der Waals surface area contributed by atoms with Gasteiger partial charge >= 0.3 is 5.97 Å². The van der Waals surface area contributed by atoms with Crippen LogP contribution in [0.1, 0.15) is 25.7 Å². The number of aryl methyl sites for hydroxylation is 1. The third kappa shape index (κ3) is 2.88. The summed E-state index contributed by atoms with van der Waals surface area (Å²) in [4.78, 5) is 24.4. The number of aromatic nitrogens is 2. The number of amides is 1. The summed E-state index contributed by atoms with van der Waals surface area (Å²) in [7, 11) is 0. The molecule has 1 amide bonds. The molecule has 1 aliphatic heterocycles. The minimum absolute atomic E-state index is 0.0629. The zero-order valence-electron chi connectivity index (χ0n) is 10.2. The molecule has 1 aromatic rings. The second-order valence-electron chi connectivity index (χ2n) is 4.46. The molecule has 0 aromatic carbocycles. The van der Waals surface area contributed by atoms with Crippen molar-refractivity contribution in [2.24, 2.45) is 0 Å². The van der Waals surface area contributed by atoms with Crippen LogP contribution in [0.5, 0.6) is 0 Å². The highest BCUT2D eigenvalue weighted by molar-refractivity contribution is 5.84. The van der Waals surface area contributed by atoms with Gasteiger partial charge in [0.05, 0.1) is 0 Å². The summed E-state index contributed by atoms with van der Waals surface area (Å²) >= 11 is 0. The van der Waals surface area contributed by atoms with Crippen molar-refractivity contribution in [3.05, 3.63) is 18.5 Å². The lowest BCUT2D eigenvalue weighted by Crippen LogP contribution is -2.40. The molecule has 2 rings (SSSR count). The van der Waals surface area contributed by atoms with Crippen LogP contribution in [0.4, 0.5) is 0 Å². The molecule has 2 heterocycles. The van der Waals surface area contributed by atoms with E-state index < -0.39 is 12.0 Å². The number of carboxylic acid groups (broad SMARTS) is 1. The van der Waals surface area contributed by atoms with E-state index in [2.05, 4.69) is 5.10 Å². The number of likely N-dealkylation sites (tertiary alicyclic amines) is 1. The van der Waals surface area contributed by atoms with E-state index >= 15 is 0 Å². The van der Waals surface area contributed by atoms with Crippen molar-refractivity contribution in [3.63, 3.8) is 0 Å². The van der Waals surface area contributed by atoms with Gasteiger partial charge in [0.2, 0.25) is 5.91 Å². The van der Waals surface area contributed by atoms with E-state index in [9.17, 15) is 9.59 Å². The van der Waals surface area contributed by atoms with Crippen molar-refractivity contribution in [3.8, 4) is 0 Å². The first-order valence-electron chi connectivity index (χ1n) is 6.18. The molecule has 1 saturated heterocycles. The summed E-state index contributed by atoms with van der Waals surface area (Å²) in [5.41, 5.74) is 0. The predicted molar refractivity (Wildman–Crippen MR) is 63.8 cm³/mol. The molecule has 0 radical (unpaired) electrons. The van der Waals surface area contributed by atoms with Crippen molar-refractivity contribution in [2.45, 2.75) is 38.3 Å². The van der Waals surface area contributed by atoms with Gasteiger partial charge in [0, 0.05) is 31.9 Å². The fourth-order valence-corrected chi connectivity index (χ4v) is 2.29. The zero-order valence-corrected chi connectivity index (χ0v) is 10.2. The predicted octanol–water partition coefficient (Wildman–Crippen LogP) is 0.739. The van der Waals surface area contributed by atoms with Crippen LogP contribution in [-0.4, -0.2) is 44.3 Å². The normalized spacial score (nSPS) is 19.1. The molecule has 0 aliphatic carbocycles. The highest BCUT2D eigenvalue weighted by Gasteiger charge is 2.33. The van der Waals surface area contributed by atoms with Gasteiger partial charge in [-0.15, -0.1) is 0 Å². The number of rotatable bonds is 5. The molecule has 0 spiro atoms. The summed E-state index contributed by atoms with van der Waals surface area (Å²) in [6.45, 7) is 1.25. The maximum atomic E-state index is 11.9. The molecule has 1 fully saturated rings. The summed E-state index contributed by atoms with van der Waals surface area (Å²) in [5, 5.41) is 13.1. The maximum absolute atomic E-state index is 11.9. The third-order valence-electron chi connectivity index (χ3n) is 3.20. The molecule has 1 atom stereocenters. The SMILES string of the molecule is O=C(O)[C@@H]1CCCN1C(=O)CCCn1cccn1. The Bertz CT molecular complexity index is 416. The average Bonchev–Trinajstić information content (AvgIpc) is 2.99. The quantitative estimate of drug-likeness (QED) is 0.837. The number of aliphatic carboxylic acids is 1. The van der Waals surface area contributed by atoms with Crippen molar-refractivity contribution in [1.82, 2.24) is 14.7 Å². The van der Waals surface area contributed by atoms with E-state index in [1.54, 1.807) is 10.9 Å². The zero-order chi connectivity index (χ0) is 13.0. The van der Waals surface area contributed by atoms with Crippen molar-refractivity contribution >= 4 is 11.9 Å². The molecule has 1 N–H and O–H groups in total. The average molecular weight is 251 g/mol. The largest absolute Gasteiger partial charge is 0.480 e. The molecule has 6 heteroatoms. The number of hydrogen-bond acceptors (Lipinski definition) is 3. The van der Waals surface area contributed by atoms with Gasteiger partial charge in [0.15, 0.2) is 0 Å². The van der Waals surface area contributed by atoms with Crippen molar-refractivity contribution < 1.29 is 14.7 Å². The van der Waals surface area contributed by atoms with Crippen molar-refractivity contribution in [2.75, 3.05) is 6.54 Å². The fraction of sp³-hybridized carbons (Fsp3) is 0.583. The van der Waals surface area contributed by atoms with E-state index in [1.807, 2.05) is 12.3 Å². The minimum atomic E-state index is -0.895. The second-order valence-corrected chi connectivity index (χ2v) is 4.46. The molecule has 6 nitrogen and oxygen atoms in total. The fourth-order valence-electron chi connectivity index (χ4n) is 2.29. The number of carbonyl (C=O) groups excluding carboxylic acids is 1. The molecule has 1 aromatic heterocycles. The Morgan fingerprint density at radius 3 is 2.94 bits per heavy atom. The van der Waals surface area contributed by atoms with Gasteiger partial charge in [-0.3, -0.25) is 9.48 Å². The van der Waals surface area contributed by atoms with E-state index in [-0.39, 0.29) is 5.91 Å². The molecule has 1 aliphatic rings. The summed E-state index contributed by atoms with van der Waals surface area (Å²) in [6, 6.07) is 1.21. The topological polar surface area (TPSA) is 75.4 Å². The lowest BCUT2D eigenvalue weighted by molar-refractivity contribution is -0.148. The molecule has 98 valence electrons. The molecule has 0 saturated carbocycles. The molecule has 18 heavy (non-hydrogen) atoms. The Labute approximate surface area is 105 Å². The van der Waals surface area contributed by atoms with Crippen LogP contribution < -0.4 is 0 Å². The van der Waals surface area contributed by atoms with Gasteiger partial charge in [-0.25, -0.2) is 4.79 Å². The Morgan fingerprint density at radius 1 is 1.44 bits per heavy atom. The van der Waals surface area contributed by atoms with E-state index in [0.29, 0.717) is 32.4 Å². The lowest BCUT2D eigenvalue weighted by atomic mass is 10.2. The van der Waals surface area contributed by atoms with E-state index in [1.165, 1.54) is 4.90 Å². The van der Waals surface area contributed by atoms with Crippen LogP contribution in [0, 0.1) is 0 Å². The van der Waals surface area contributed by atoms with Crippen LogP contribution in [0.2, 0.25) is 0 Å². The maximum Gasteiger partial charge on any atom is 0.326 e. The number of hydrogen-bond donors (Lipinski definition) is 1. The van der Waals surface area contributed by atoms with Gasteiger partial charge in [0.1, 0.15) is 6.04 Å². The summed E-state index contributed by atoms with van der Waals surface area (Å²) in [5.74, 6) is -0.958. The molecule has 0 unspecified atom stereocenters. The lowest BCUT2D eigenvalue weighted by Gasteiger charge is -2.21.